The van der Waals surface area contributed by atoms with Gasteiger partial charge in [-0.15, -0.1) is 0 Å². The second-order valence-electron chi connectivity index (χ2n) is 10.2. The highest BCUT2D eigenvalue weighted by molar-refractivity contribution is 6.61. The molecule has 0 spiro atoms. The van der Waals surface area contributed by atoms with Gasteiger partial charge in [0.2, 0.25) is 5.95 Å². The van der Waals surface area contributed by atoms with E-state index in [4.69, 9.17) is 14.0 Å². The first-order valence-electron chi connectivity index (χ1n) is 10.8. The lowest BCUT2D eigenvalue weighted by Gasteiger charge is -2.33. The van der Waals surface area contributed by atoms with E-state index >= 15 is 0 Å². The first kappa shape index (κ1) is 22.8. The summed E-state index contributed by atoms with van der Waals surface area (Å²) in [5, 5.41) is 6.38. The van der Waals surface area contributed by atoms with Crippen LogP contribution in [0, 0.1) is 0 Å². The van der Waals surface area contributed by atoms with Gasteiger partial charge in [-0.25, -0.2) is 14.8 Å². The second kappa shape index (κ2) is 8.34. The molecule has 2 N–H and O–H groups in total. The summed E-state index contributed by atoms with van der Waals surface area (Å²) in [4.78, 5) is 21.1. The molecule has 1 aromatic heterocycles. The molecule has 166 valence electrons. The van der Waals surface area contributed by atoms with Gasteiger partial charge >= 0.3 is 13.2 Å². The lowest BCUT2D eigenvalue weighted by atomic mass is 9.81. The van der Waals surface area contributed by atoms with Gasteiger partial charge in [-0.05, 0) is 61.3 Å². The lowest BCUT2D eigenvalue weighted by Crippen LogP contribution is -2.50. The second-order valence-corrected chi connectivity index (χ2v) is 10.2. The largest absolute Gasteiger partial charge is 0.498 e. The number of anilines is 1. The summed E-state index contributed by atoms with van der Waals surface area (Å²) in [6, 6.07) is 0.0222. The number of amides is 1. The molecule has 1 aliphatic heterocycles. The van der Waals surface area contributed by atoms with Crippen molar-refractivity contribution in [3.8, 4) is 0 Å². The molecule has 30 heavy (non-hydrogen) atoms. The number of hydrogen-bond acceptors (Lipinski definition) is 7. The maximum Gasteiger partial charge on any atom is 0.498 e. The average molecular weight is 418 g/mol. The number of hydrogen-bond donors (Lipinski definition) is 2. The molecule has 2 fully saturated rings. The lowest BCUT2D eigenvalue weighted by molar-refractivity contribution is 0.00578. The van der Waals surface area contributed by atoms with E-state index in [0.717, 1.165) is 31.1 Å². The Morgan fingerprint density at radius 1 is 1.07 bits per heavy atom. The Morgan fingerprint density at radius 3 is 2.13 bits per heavy atom. The van der Waals surface area contributed by atoms with Crippen molar-refractivity contribution in [1.29, 1.82) is 0 Å². The first-order chi connectivity index (χ1) is 13.9. The highest BCUT2D eigenvalue weighted by atomic mass is 16.7. The number of carbonyl (C=O) groups excluding carboxylic acids is 1. The van der Waals surface area contributed by atoms with Gasteiger partial charge in [0, 0.05) is 23.9 Å². The van der Waals surface area contributed by atoms with Crippen LogP contribution in [0.1, 0.15) is 74.1 Å². The fourth-order valence-electron chi connectivity index (χ4n) is 3.61. The number of rotatable bonds is 4. The van der Waals surface area contributed by atoms with Gasteiger partial charge in [0.25, 0.3) is 0 Å². The molecule has 3 rings (SSSR count). The molecule has 2 heterocycles. The maximum absolute atomic E-state index is 12.2. The van der Waals surface area contributed by atoms with Crippen LogP contribution in [0.15, 0.2) is 12.4 Å². The first-order valence-corrected chi connectivity index (χ1v) is 10.8. The van der Waals surface area contributed by atoms with Crippen LogP contribution in [-0.4, -0.2) is 52.1 Å². The molecule has 0 bridgehead atoms. The van der Waals surface area contributed by atoms with Crippen molar-refractivity contribution in [2.75, 3.05) is 5.32 Å². The van der Waals surface area contributed by atoms with Crippen molar-refractivity contribution in [2.45, 2.75) is 103 Å². The third-order valence-electron chi connectivity index (χ3n) is 5.98. The Labute approximate surface area is 180 Å². The summed E-state index contributed by atoms with van der Waals surface area (Å²) >= 11 is 0. The van der Waals surface area contributed by atoms with Crippen molar-refractivity contribution < 1.29 is 18.8 Å². The summed E-state index contributed by atoms with van der Waals surface area (Å²) in [5.41, 5.74) is -0.547. The highest BCUT2D eigenvalue weighted by Crippen LogP contribution is 2.36. The predicted octanol–water partition coefficient (Wildman–Crippen LogP) is 3.02. The van der Waals surface area contributed by atoms with Crippen LogP contribution >= 0.6 is 0 Å². The van der Waals surface area contributed by atoms with Crippen molar-refractivity contribution in [3.63, 3.8) is 0 Å². The Bertz CT molecular complexity index is 732. The van der Waals surface area contributed by atoms with Crippen LogP contribution < -0.4 is 16.1 Å². The van der Waals surface area contributed by atoms with Gasteiger partial charge in [-0.3, -0.25) is 0 Å². The highest BCUT2D eigenvalue weighted by Gasteiger charge is 2.52. The number of carbonyl (C=O) groups is 1. The SMILES string of the molecule is CC(C)(C)OC(=O)NC1CCCCC1Nc1ncc(B2OC(C)(C)C(C)(C)O2)cn1. The molecule has 0 radical (unpaired) electrons. The van der Waals surface area contributed by atoms with Crippen molar-refractivity contribution in [1.82, 2.24) is 15.3 Å². The fourth-order valence-corrected chi connectivity index (χ4v) is 3.61. The van der Waals surface area contributed by atoms with Gasteiger partial charge in [0.15, 0.2) is 0 Å². The zero-order valence-electron chi connectivity index (χ0n) is 19.2. The van der Waals surface area contributed by atoms with E-state index in [1.54, 1.807) is 12.4 Å². The molecule has 1 amide bonds. The normalized spacial score (nSPS) is 25.6. The summed E-state index contributed by atoms with van der Waals surface area (Å²) < 4.78 is 17.5. The van der Waals surface area contributed by atoms with Crippen molar-refractivity contribution in [2.24, 2.45) is 0 Å². The van der Waals surface area contributed by atoms with Gasteiger partial charge in [-0.2, -0.15) is 0 Å². The number of nitrogens with one attached hydrogen (secondary N) is 2. The predicted molar refractivity (Wildman–Crippen MR) is 117 cm³/mol. The minimum atomic E-state index is -0.520. The van der Waals surface area contributed by atoms with E-state index in [1.165, 1.54) is 0 Å². The Morgan fingerprint density at radius 2 is 1.60 bits per heavy atom. The molecule has 2 aliphatic rings. The number of ether oxygens (including phenoxy) is 1. The molecule has 1 aromatic rings. The maximum atomic E-state index is 12.2. The van der Waals surface area contributed by atoms with E-state index in [-0.39, 0.29) is 12.1 Å². The minimum Gasteiger partial charge on any atom is -0.444 e. The third-order valence-corrected chi connectivity index (χ3v) is 5.98. The zero-order chi connectivity index (χ0) is 22.2. The Kier molecular flexibility index (Phi) is 6.34. The molecule has 9 heteroatoms. The number of alkyl carbamates (subject to hydrolysis) is 1. The topological polar surface area (TPSA) is 94.6 Å². The quantitative estimate of drug-likeness (QED) is 0.726. The standard InChI is InChI=1S/C21H35BN4O4/c1-19(2,3)28-18(27)26-16-11-9-8-10-15(16)25-17-23-12-14(13-24-17)22-29-20(4,5)21(6,7)30-22/h12-13,15-16H,8-11H2,1-7H3,(H,26,27)(H,23,24,25). The van der Waals surface area contributed by atoms with Crippen LogP contribution in [0.25, 0.3) is 0 Å². The van der Waals surface area contributed by atoms with Crippen LogP contribution in [-0.2, 0) is 14.0 Å². The molecule has 0 aromatic carbocycles. The van der Waals surface area contributed by atoms with Gasteiger partial charge < -0.3 is 24.7 Å². The number of nitrogens with zero attached hydrogens (tertiary/aromatic N) is 2. The molecule has 2 atom stereocenters. The number of aromatic nitrogens is 2. The van der Waals surface area contributed by atoms with Gasteiger partial charge in [-0.1, -0.05) is 12.8 Å². The van der Waals surface area contributed by atoms with Gasteiger partial charge in [0.1, 0.15) is 5.60 Å². The van der Waals surface area contributed by atoms with Crippen LogP contribution in [0.5, 0.6) is 0 Å². The summed E-state index contributed by atoms with van der Waals surface area (Å²) in [5.74, 6) is 0.526. The molecule has 8 nitrogen and oxygen atoms in total. The fraction of sp³-hybridized carbons (Fsp3) is 0.762. The summed E-state index contributed by atoms with van der Waals surface area (Å²) in [6.07, 6.45) is 7.06. The minimum absolute atomic E-state index is 0.0278. The van der Waals surface area contributed by atoms with Crippen molar-refractivity contribution >= 4 is 24.6 Å². The molecule has 1 aliphatic carbocycles. The average Bonchev–Trinajstić information content (AvgIpc) is 2.83. The Balaban J connectivity index is 1.62. The van der Waals surface area contributed by atoms with Crippen LogP contribution in [0.2, 0.25) is 0 Å². The van der Waals surface area contributed by atoms with E-state index < -0.39 is 30.0 Å². The molecule has 1 saturated carbocycles. The smallest absolute Gasteiger partial charge is 0.444 e. The van der Waals surface area contributed by atoms with E-state index in [1.807, 2.05) is 48.5 Å². The Hall–Kier alpha value is -1.87. The van der Waals surface area contributed by atoms with E-state index in [2.05, 4.69) is 20.6 Å². The van der Waals surface area contributed by atoms with E-state index in [0.29, 0.717) is 5.95 Å². The van der Waals surface area contributed by atoms with Crippen LogP contribution in [0.4, 0.5) is 10.7 Å². The molecule has 2 unspecified atom stereocenters. The van der Waals surface area contributed by atoms with Crippen molar-refractivity contribution in [3.05, 3.63) is 12.4 Å². The third kappa shape index (κ3) is 5.43. The van der Waals surface area contributed by atoms with Gasteiger partial charge in [0.05, 0.1) is 17.2 Å². The molecular formula is C21H35BN4O4. The summed E-state index contributed by atoms with van der Waals surface area (Å²) in [7, 11) is -0.486. The summed E-state index contributed by atoms with van der Waals surface area (Å²) in [6.45, 7) is 13.7. The zero-order valence-corrected chi connectivity index (χ0v) is 19.2. The molecule has 1 saturated heterocycles. The van der Waals surface area contributed by atoms with E-state index in [9.17, 15) is 4.79 Å². The van der Waals surface area contributed by atoms with Crippen LogP contribution in [0.3, 0.4) is 0 Å². The molecular weight excluding hydrogens is 383 g/mol. The monoisotopic (exact) mass is 418 g/mol.